The molecule has 0 spiro atoms. The Kier molecular flexibility index (Phi) is 24.4. The van der Waals surface area contributed by atoms with Gasteiger partial charge < -0.3 is 66.3 Å². The Balaban J connectivity index is 0.000000327. The number of hydrogen-bond donors (Lipinski definition) is 10. The van der Waals surface area contributed by atoms with Crippen LogP contribution < -0.4 is 26.6 Å². The van der Waals surface area contributed by atoms with Crippen LogP contribution in [0.2, 0.25) is 0 Å². The topological polar surface area (TPSA) is 189 Å². The van der Waals surface area contributed by atoms with Crippen LogP contribution in [0.3, 0.4) is 0 Å². The average Bonchev–Trinajstić information content (AvgIpc) is 3.17. The Labute approximate surface area is 317 Å². The second kappa shape index (κ2) is 25.6. The SMILES string of the molecule is CNC1(CO)CCC1.CNC1(CO)CCCCC1.CNC1(CO)CCCCCCC1.CNC1(CO)CCOCC1.CNC1(CO)COC(C)(C)OC1. The molecule has 13 nitrogen and oxygen atoms in total. The molecule has 0 radical (unpaired) electrons. The van der Waals surface area contributed by atoms with E-state index in [1.54, 1.807) is 7.05 Å². The molecule has 0 aromatic rings. The highest BCUT2D eigenvalue weighted by molar-refractivity contribution is 4.94. The average molecular weight is 750 g/mol. The molecule has 3 saturated carbocycles. The van der Waals surface area contributed by atoms with Gasteiger partial charge in [-0.3, -0.25) is 0 Å². The second-order valence-corrected chi connectivity index (χ2v) is 16.2. The molecule has 5 rings (SSSR count). The van der Waals surface area contributed by atoms with Crippen molar-refractivity contribution in [3.05, 3.63) is 0 Å². The fraction of sp³-hybridized carbons (Fsp3) is 1.00. The van der Waals surface area contributed by atoms with Crippen molar-refractivity contribution in [1.82, 2.24) is 26.6 Å². The first-order valence-electron chi connectivity index (χ1n) is 20.2. The Morgan fingerprint density at radius 2 is 0.654 bits per heavy atom. The molecule has 0 unspecified atom stereocenters. The van der Waals surface area contributed by atoms with E-state index in [1.165, 1.54) is 57.8 Å². The second-order valence-electron chi connectivity index (χ2n) is 16.2. The van der Waals surface area contributed by atoms with Gasteiger partial charge in [-0.05, 0) is 107 Å². The van der Waals surface area contributed by atoms with Crippen LogP contribution in [-0.2, 0) is 14.2 Å². The first kappa shape index (κ1) is 49.5. The van der Waals surface area contributed by atoms with E-state index in [-0.39, 0.29) is 35.4 Å². The minimum atomic E-state index is -0.518. The highest BCUT2D eigenvalue weighted by Crippen LogP contribution is 2.30. The zero-order chi connectivity index (χ0) is 39.0. The van der Waals surface area contributed by atoms with Gasteiger partial charge in [-0.2, -0.15) is 0 Å². The summed E-state index contributed by atoms with van der Waals surface area (Å²) in [4.78, 5) is 0. The Morgan fingerprint density at radius 1 is 0.385 bits per heavy atom. The summed E-state index contributed by atoms with van der Waals surface area (Å²) in [5, 5.41) is 61.0. The Morgan fingerprint density at radius 3 is 0.904 bits per heavy atom. The molecular formula is C39H83N5O8. The summed E-state index contributed by atoms with van der Waals surface area (Å²) in [5.41, 5.74) is -0.257. The van der Waals surface area contributed by atoms with Gasteiger partial charge >= 0.3 is 0 Å². The predicted octanol–water partition coefficient (Wildman–Crippen LogP) is 2.17. The van der Waals surface area contributed by atoms with Crippen molar-refractivity contribution in [2.75, 3.05) is 94.7 Å². The van der Waals surface area contributed by atoms with Crippen LogP contribution in [0.15, 0.2) is 0 Å². The highest BCUT2D eigenvalue weighted by atomic mass is 16.7. The maximum Gasteiger partial charge on any atom is 0.162 e. The molecule has 5 aliphatic rings. The molecule has 10 N–H and O–H groups in total. The number of hydrogen-bond acceptors (Lipinski definition) is 13. The number of likely N-dealkylation sites (N-methyl/N-ethyl adjacent to an activating group) is 5. The zero-order valence-corrected chi connectivity index (χ0v) is 34.3. The normalized spacial score (nSPS) is 25.2. The first-order chi connectivity index (χ1) is 24.8. The standard InChI is InChI=1S/C10H21NO.C8H17NO3.C8H17NO.C7H15NO2.C6H13NO/c1-11-10(9-12)7-5-3-2-4-6-8-10;1-7(2)11-5-8(4-10,9-3)6-12-7;1-9-8(7-10)5-3-2-4-6-8;1-8-7(6-9)2-4-10-5-3-7;1-7-6(5-8)3-2-4-6/h11-12H,2-9H2,1H3;9-10H,4-6H2,1-3H3;9-10H,2-7H2,1H3;8-9H,2-6H2,1H3;7-8H,2-5H2,1H3. The minimum absolute atomic E-state index is 0.0274. The summed E-state index contributed by atoms with van der Waals surface area (Å²) in [6.07, 6.45) is 20.4. The molecule has 0 aromatic carbocycles. The van der Waals surface area contributed by atoms with Crippen molar-refractivity contribution >= 4 is 0 Å². The van der Waals surface area contributed by atoms with Crippen molar-refractivity contribution in [1.29, 1.82) is 0 Å². The molecule has 0 amide bonds. The highest BCUT2D eigenvalue weighted by Gasteiger charge is 2.38. The monoisotopic (exact) mass is 750 g/mol. The van der Waals surface area contributed by atoms with Crippen LogP contribution in [0.25, 0.3) is 0 Å². The summed E-state index contributed by atoms with van der Waals surface area (Å²) in [5.74, 6) is -0.518. The lowest BCUT2D eigenvalue weighted by atomic mass is 9.78. The predicted molar refractivity (Wildman–Crippen MR) is 210 cm³/mol. The van der Waals surface area contributed by atoms with E-state index in [2.05, 4.69) is 26.6 Å². The lowest BCUT2D eigenvalue weighted by Gasteiger charge is -2.42. The fourth-order valence-electron chi connectivity index (χ4n) is 7.15. The van der Waals surface area contributed by atoms with Gasteiger partial charge in [0.2, 0.25) is 0 Å². The lowest BCUT2D eigenvalue weighted by molar-refractivity contribution is -0.274. The van der Waals surface area contributed by atoms with Gasteiger partial charge in [0.05, 0.1) is 51.8 Å². The Bertz CT molecular complexity index is 801. The number of aliphatic hydroxyl groups excluding tert-OH is 5. The Hall–Kier alpha value is -0.520. The van der Waals surface area contributed by atoms with E-state index in [4.69, 9.17) is 34.6 Å². The first-order valence-corrected chi connectivity index (χ1v) is 20.2. The van der Waals surface area contributed by atoms with E-state index >= 15 is 0 Å². The zero-order valence-electron chi connectivity index (χ0n) is 34.3. The van der Waals surface area contributed by atoms with Crippen LogP contribution in [0, 0.1) is 0 Å². The van der Waals surface area contributed by atoms with E-state index in [9.17, 15) is 5.11 Å². The smallest absolute Gasteiger partial charge is 0.162 e. The van der Waals surface area contributed by atoms with Gasteiger partial charge in [0, 0.05) is 35.4 Å². The largest absolute Gasteiger partial charge is 0.394 e. The van der Waals surface area contributed by atoms with Crippen LogP contribution in [0.1, 0.15) is 123 Å². The molecule has 2 saturated heterocycles. The summed E-state index contributed by atoms with van der Waals surface area (Å²) in [6, 6.07) is 0. The third-order valence-electron chi connectivity index (χ3n) is 12.4. The molecule has 312 valence electrons. The van der Waals surface area contributed by atoms with Crippen molar-refractivity contribution in [3.8, 4) is 0 Å². The van der Waals surface area contributed by atoms with Gasteiger partial charge in [0.1, 0.15) is 0 Å². The van der Waals surface area contributed by atoms with Crippen LogP contribution in [-0.4, -0.2) is 154 Å². The summed E-state index contributed by atoms with van der Waals surface area (Å²) in [6.45, 7) is 7.35. The summed E-state index contributed by atoms with van der Waals surface area (Å²) >= 11 is 0. The van der Waals surface area contributed by atoms with Crippen molar-refractivity contribution < 1.29 is 39.7 Å². The van der Waals surface area contributed by atoms with Gasteiger partial charge in [-0.1, -0.05) is 51.4 Å². The molecule has 3 aliphatic carbocycles. The molecule has 2 heterocycles. The number of nitrogens with one attached hydrogen (secondary N) is 5. The summed E-state index contributed by atoms with van der Waals surface area (Å²) in [7, 11) is 9.51. The third-order valence-corrected chi connectivity index (χ3v) is 12.4. The van der Waals surface area contributed by atoms with E-state index < -0.39 is 11.3 Å². The van der Waals surface area contributed by atoms with Crippen molar-refractivity contribution in [3.63, 3.8) is 0 Å². The van der Waals surface area contributed by atoms with Crippen LogP contribution >= 0.6 is 0 Å². The number of aliphatic hydroxyl groups is 5. The fourth-order valence-corrected chi connectivity index (χ4v) is 7.15. The maximum absolute atomic E-state index is 9.30. The minimum Gasteiger partial charge on any atom is -0.394 e. The summed E-state index contributed by atoms with van der Waals surface area (Å²) < 4.78 is 16.0. The van der Waals surface area contributed by atoms with E-state index in [0.717, 1.165) is 64.6 Å². The van der Waals surface area contributed by atoms with Gasteiger partial charge in [0.25, 0.3) is 0 Å². The van der Waals surface area contributed by atoms with Gasteiger partial charge in [0.15, 0.2) is 5.79 Å². The third kappa shape index (κ3) is 16.7. The number of rotatable bonds is 10. The van der Waals surface area contributed by atoms with Crippen molar-refractivity contribution in [2.45, 2.75) is 156 Å². The molecule has 0 bridgehead atoms. The molecule has 0 aromatic heterocycles. The van der Waals surface area contributed by atoms with Crippen LogP contribution in [0.5, 0.6) is 0 Å². The molecular weight excluding hydrogens is 666 g/mol. The molecule has 0 atom stereocenters. The van der Waals surface area contributed by atoms with Gasteiger partial charge in [-0.15, -0.1) is 0 Å². The van der Waals surface area contributed by atoms with Crippen molar-refractivity contribution in [2.24, 2.45) is 0 Å². The van der Waals surface area contributed by atoms with Gasteiger partial charge in [-0.25, -0.2) is 0 Å². The molecule has 2 aliphatic heterocycles. The molecule has 52 heavy (non-hydrogen) atoms. The quantitative estimate of drug-likeness (QED) is 0.157. The van der Waals surface area contributed by atoms with E-state index in [0.29, 0.717) is 33.0 Å². The maximum atomic E-state index is 9.30. The number of ether oxygens (including phenoxy) is 3. The van der Waals surface area contributed by atoms with E-state index in [1.807, 2.05) is 42.0 Å². The molecule has 13 heteroatoms. The lowest BCUT2D eigenvalue weighted by Crippen LogP contribution is -2.60. The molecule has 5 fully saturated rings. The van der Waals surface area contributed by atoms with Crippen LogP contribution in [0.4, 0.5) is 0 Å².